The number of hydrogen-bond acceptors (Lipinski definition) is 2. The average Bonchev–Trinajstić information content (AvgIpc) is 2.04. The molecule has 0 radical (unpaired) electrons. The predicted molar refractivity (Wildman–Crippen MR) is 41.8 cm³/mol. The summed E-state index contributed by atoms with van der Waals surface area (Å²) in [6.07, 6.45) is 2.31. The first kappa shape index (κ1) is 10.8. The molecule has 13 heavy (non-hydrogen) atoms. The molecule has 1 aliphatic rings. The maximum absolute atomic E-state index is 12.0. The summed E-state index contributed by atoms with van der Waals surface area (Å²) in [6.45, 7) is 0. The van der Waals surface area contributed by atoms with Crippen molar-refractivity contribution in [2.24, 2.45) is 0 Å². The molecule has 0 atom stereocenters. The molecule has 2 nitrogen and oxygen atoms in total. The molecule has 1 rings (SSSR count). The van der Waals surface area contributed by atoms with Crippen LogP contribution in [0.1, 0.15) is 32.1 Å². The van der Waals surface area contributed by atoms with Gasteiger partial charge in [-0.3, -0.25) is 0 Å². The van der Waals surface area contributed by atoms with E-state index in [1.807, 2.05) is 0 Å². The lowest BCUT2D eigenvalue weighted by Crippen LogP contribution is -2.35. The highest BCUT2D eigenvalue weighted by atomic mass is 32.2. The first-order valence-electron chi connectivity index (χ1n) is 4.16. The third-order valence-electron chi connectivity index (χ3n) is 2.31. The van der Waals surface area contributed by atoms with E-state index in [4.69, 9.17) is 0 Å². The molecular weight excluding hydrogens is 205 g/mol. The fourth-order valence-electron chi connectivity index (χ4n) is 1.56. The van der Waals surface area contributed by atoms with Crippen LogP contribution in [-0.2, 0) is 9.84 Å². The minimum Gasteiger partial charge on any atom is -0.219 e. The van der Waals surface area contributed by atoms with Crippen LogP contribution in [0.3, 0.4) is 0 Å². The van der Waals surface area contributed by atoms with Crippen molar-refractivity contribution in [3.63, 3.8) is 0 Å². The Hall–Kier alpha value is -0.260. The molecule has 1 aliphatic carbocycles. The molecule has 0 spiro atoms. The number of alkyl halides is 3. The Labute approximate surface area is 75.0 Å². The van der Waals surface area contributed by atoms with Gasteiger partial charge in [-0.25, -0.2) is 8.42 Å². The molecule has 0 amide bonds. The number of rotatable bonds is 1. The lowest BCUT2D eigenvalue weighted by molar-refractivity contribution is -0.0447. The highest BCUT2D eigenvalue weighted by Crippen LogP contribution is 2.34. The Balaban J connectivity index is 2.80. The van der Waals surface area contributed by atoms with Crippen LogP contribution in [0, 0.1) is 0 Å². The summed E-state index contributed by atoms with van der Waals surface area (Å²) < 4.78 is 57.9. The monoisotopic (exact) mass is 216 g/mol. The van der Waals surface area contributed by atoms with Gasteiger partial charge in [-0.15, -0.1) is 0 Å². The van der Waals surface area contributed by atoms with Gasteiger partial charge in [-0.05, 0) is 12.8 Å². The minimum absolute atomic E-state index is 0.155. The Bertz CT molecular complexity index is 262. The van der Waals surface area contributed by atoms with Gasteiger partial charge in [0.05, 0.1) is 5.25 Å². The average molecular weight is 216 g/mol. The molecule has 78 valence electrons. The van der Waals surface area contributed by atoms with E-state index in [1.54, 1.807) is 0 Å². The third kappa shape index (κ3) is 2.15. The van der Waals surface area contributed by atoms with Gasteiger partial charge in [-0.1, -0.05) is 19.3 Å². The lowest BCUT2D eigenvalue weighted by atomic mass is 10.0. The summed E-state index contributed by atoms with van der Waals surface area (Å²) in [5, 5.41) is -1.19. The Kier molecular flexibility index (Phi) is 2.89. The van der Waals surface area contributed by atoms with E-state index in [-0.39, 0.29) is 12.8 Å². The molecule has 0 aliphatic heterocycles. The van der Waals surface area contributed by atoms with Gasteiger partial charge in [0.25, 0.3) is 9.84 Å². The summed E-state index contributed by atoms with van der Waals surface area (Å²) in [5.41, 5.74) is -5.07. The maximum atomic E-state index is 12.0. The van der Waals surface area contributed by atoms with Crippen molar-refractivity contribution in [2.45, 2.75) is 42.9 Å². The third-order valence-corrected chi connectivity index (χ3v) is 4.31. The van der Waals surface area contributed by atoms with Gasteiger partial charge in [0, 0.05) is 0 Å². The molecule has 0 heterocycles. The van der Waals surface area contributed by atoms with Crippen LogP contribution in [0.15, 0.2) is 0 Å². The molecule has 1 saturated carbocycles. The molecule has 0 unspecified atom stereocenters. The zero-order valence-electron chi connectivity index (χ0n) is 6.97. The standard InChI is InChI=1S/C7H11F3O2S/c8-7(9,10)13(11,12)6-4-2-1-3-5-6/h6H,1-5H2. The topological polar surface area (TPSA) is 34.1 Å². The van der Waals surface area contributed by atoms with Crippen LogP contribution >= 0.6 is 0 Å². The van der Waals surface area contributed by atoms with Crippen LogP contribution in [0.25, 0.3) is 0 Å². The molecular formula is C7H11F3O2S. The van der Waals surface area contributed by atoms with Crippen LogP contribution in [0.5, 0.6) is 0 Å². The van der Waals surface area contributed by atoms with E-state index < -0.39 is 20.6 Å². The normalized spacial score (nSPS) is 21.8. The second-order valence-electron chi connectivity index (χ2n) is 3.25. The molecule has 0 bridgehead atoms. The predicted octanol–water partition coefficient (Wildman–Crippen LogP) is 2.25. The highest BCUT2D eigenvalue weighted by Gasteiger charge is 2.50. The van der Waals surface area contributed by atoms with Gasteiger partial charge >= 0.3 is 5.51 Å². The second-order valence-corrected chi connectivity index (χ2v) is 5.47. The van der Waals surface area contributed by atoms with Crippen molar-refractivity contribution in [1.82, 2.24) is 0 Å². The van der Waals surface area contributed by atoms with Crippen molar-refractivity contribution >= 4 is 9.84 Å². The van der Waals surface area contributed by atoms with E-state index in [0.717, 1.165) is 6.42 Å². The van der Waals surface area contributed by atoms with Crippen LogP contribution < -0.4 is 0 Å². The van der Waals surface area contributed by atoms with Crippen LogP contribution in [-0.4, -0.2) is 19.2 Å². The number of sulfone groups is 1. The van der Waals surface area contributed by atoms with Crippen molar-refractivity contribution in [1.29, 1.82) is 0 Å². The SMILES string of the molecule is O=S(=O)(C1CCCCC1)C(F)(F)F. The quantitative estimate of drug-likeness (QED) is 0.673. The van der Waals surface area contributed by atoms with Crippen molar-refractivity contribution in [2.75, 3.05) is 0 Å². The van der Waals surface area contributed by atoms with Crippen molar-refractivity contribution < 1.29 is 21.6 Å². The molecule has 0 saturated heterocycles. The van der Waals surface area contributed by atoms with Gasteiger partial charge in [0.2, 0.25) is 0 Å². The van der Waals surface area contributed by atoms with Crippen LogP contribution in [0.2, 0.25) is 0 Å². The Morgan fingerprint density at radius 3 is 1.85 bits per heavy atom. The summed E-state index contributed by atoms with van der Waals surface area (Å²) in [5.74, 6) is 0. The Morgan fingerprint density at radius 1 is 1.00 bits per heavy atom. The number of halogens is 3. The molecule has 1 fully saturated rings. The van der Waals surface area contributed by atoms with E-state index in [9.17, 15) is 21.6 Å². The fourth-order valence-corrected chi connectivity index (χ4v) is 2.90. The van der Waals surface area contributed by atoms with E-state index in [0.29, 0.717) is 12.8 Å². The zero-order chi connectivity index (χ0) is 10.1. The van der Waals surface area contributed by atoms with Crippen molar-refractivity contribution in [3.05, 3.63) is 0 Å². The maximum Gasteiger partial charge on any atom is 0.497 e. The summed E-state index contributed by atoms with van der Waals surface area (Å²) in [7, 11) is -4.90. The van der Waals surface area contributed by atoms with Crippen molar-refractivity contribution in [3.8, 4) is 0 Å². The molecule has 0 aromatic heterocycles. The van der Waals surface area contributed by atoms with Gasteiger partial charge in [-0.2, -0.15) is 13.2 Å². The molecule has 0 aromatic rings. The smallest absolute Gasteiger partial charge is 0.219 e. The molecule has 6 heteroatoms. The number of hydrogen-bond donors (Lipinski definition) is 0. The second kappa shape index (κ2) is 3.48. The fraction of sp³-hybridized carbons (Fsp3) is 1.00. The molecule has 0 aromatic carbocycles. The summed E-state index contributed by atoms with van der Waals surface area (Å²) in [4.78, 5) is 0. The lowest BCUT2D eigenvalue weighted by Gasteiger charge is -2.22. The van der Waals surface area contributed by atoms with Crippen LogP contribution in [0.4, 0.5) is 13.2 Å². The van der Waals surface area contributed by atoms with E-state index in [2.05, 4.69) is 0 Å². The van der Waals surface area contributed by atoms with E-state index in [1.165, 1.54) is 0 Å². The first-order valence-corrected chi connectivity index (χ1v) is 5.70. The first-order chi connectivity index (χ1) is 5.86. The van der Waals surface area contributed by atoms with Gasteiger partial charge < -0.3 is 0 Å². The summed E-state index contributed by atoms with van der Waals surface area (Å²) in [6, 6.07) is 0. The van der Waals surface area contributed by atoms with Gasteiger partial charge in [0.1, 0.15) is 0 Å². The Morgan fingerprint density at radius 2 is 1.46 bits per heavy atom. The highest BCUT2D eigenvalue weighted by molar-refractivity contribution is 7.92. The van der Waals surface area contributed by atoms with Gasteiger partial charge in [0.15, 0.2) is 0 Å². The summed E-state index contributed by atoms with van der Waals surface area (Å²) >= 11 is 0. The minimum atomic E-state index is -5.07. The van der Waals surface area contributed by atoms with E-state index >= 15 is 0 Å². The zero-order valence-corrected chi connectivity index (χ0v) is 7.79. The largest absolute Gasteiger partial charge is 0.497 e. The molecule has 0 N–H and O–H groups in total.